The summed E-state index contributed by atoms with van der Waals surface area (Å²) in [5.41, 5.74) is 1.35. The van der Waals surface area contributed by atoms with E-state index < -0.39 is 0 Å². The summed E-state index contributed by atoms with van der Waals surface area (Å²) in [6, 6.07) is 7.00. The molecule has 1 aromatic rings. The van der Waals surface area contributed by atoms with Crippen molar-refractivity contribution in [1.82, 2.24) is 10.6 Å². The van der Waals surface area contributed by atoms with Crippen molar-refractivity contribution in [1.29, 1.82) is 0 Å². The van der Waals surface area contributed by atoms with Crippen molar-refractivity contribution in [2.45, 2.75) is 26.2 Å². The summed E-state index contributed by atoms with van der Waals surface area (Å²) in [7, 11) is 0. The minimum Gasteiger partial charge on any atom is -0.351 e. The molecule has 0 saturated heterocycles. The van der Waals surface area contributed by atoms with Gasteiger partial charge in [0.15, 0.2) is 0 Å². The van der Waals surface area contributed by atoms with Crippen LogP contribution >= 0.6 is 12.4 Å². The van der Waals surface area contributed by atoms with Gasteiger partial charge in [0.25, 0.3) is 5.91 Å². The number of hydrogen-bond donors (Lipinski definition) is 3. The number of amides is 2. The molecule has 1 aromatic carbocycles. The molecule has 122 valence electrons. The van der Waals surface area contributed by atoms with Gasteiger partial charge in [-0.25, -0.2) is 0 Å². The highest BCUT2D eigenvalue weighted by Crippen LogP contribution is 2.30. The molecular formula is C16H24ClN3O2. The van der Waals surface area contributed by atoms with Gasteiger partial charge < -0.3 is 16.0 Å². The molecule has 0 spiro atoms. The van der Waals surface area contributed by atoms with Crippen LogP contribution in [0.4, 0.5) is 5.69 Å². The zero-order valence-electron chi connectivity index (χ0n) is 12.9. The third kappa shape index (κ3) is 6.03. The van der Waals surface area contributed by atoms with Gasteiger partial charge in [-0.1, -0.05) is 6.92 Å². The van der Waals surface area contributed by atoms with Crippen LogP contribution in [0.3, 0.4) is 0 Å². The number of halogens is 1. The lowest BCUT2D eigenvalue weighted by atomic mass is 10.2. The summed E-state index contributed by atoms with van der Waals surface area (Å²) in [4.78, 5) is 23.5. The van der Waals surface area contributed by atoms with Crippen LogP contribution in [-0.2, 0) is 4.79 Å². The first-order valence-electron chi connectivity index (χ1n) is 7.60. The molecule has 3 N–H and O–H groups in total. The highest BCUT2D eigenvalue weighted by molar-refractivity contribution is 5.96. The van der Waals surface area contributed by atoms with Gasteiger partial charge >= 0.3 is 0 Å². The van der Waals surface area contributed by atoms with Crippen LogP contribution in [0.15, 0.2) is 24.3 Å². The molecule has 0 radical (unpaired) electrons. The number of rotatable bonds is 8. The standard InChI is InChI=1S/C16H23N3O2.ClH/c1-2-9-17-10-11-18-15(20)12-5-7-14(8-6-12)19-16(21)13-3-4-13;/h5-8,13,17H,2-4,9-11H2,1H3,(H,18,20)(H,19,21);1H. The molecule has 1 fully saturated rings. The lowest BCUT2D eigenvalue weighted by Gasteiger charge is -2.08. The predicted molar refractivity (Wildman–Crippen MR) is 90.5 cm³/mol. The lowest BCUT2D eigenvalue weighted by molar-refractivity contribution is -0.117. The number of nitrogens with one attached hydrogen (secondary N) is 3. The van der Waals surface area contributed by atoms with E-state index in [9.17, 15) is 9.59 Å². The molecule has 0 atom stereocenters. The monoisotopic (exact) mass is 325 g/mol. The number of hydrogen-bond acceptors (Lipinski definition) is 3. The van der Waals surface area contributed by atoms with Crippen molar-refractivity contribution in [2.75, 3.05) is 25.0 Å². The fourth-order valence-electron chi connectivity index (χ4n) is 1.96. The Labute approximate surface area is 137 Å². The van der Waals surface area contributed by atoms with Crippen LogP contribution in [0, 0.1) is 5.92 Å². The summed E-state index contributed by atoms with van der Waals surface area (Å²) in [5.74, 6) is 0.172. The van der Waals surface area contributed by atoms with Crippen molar-refractivity contribution < 1.29 is 9.59 Å². The Hall–Kier alpha value is -1.59. The molecule has 0 unspecified atom stereocenters. The van der Waals surface area contributed by atoms with Gasteiger partial charge in [0.1, 0.15) is 0 Å². The zero-order valence-corrected chi connectivity index (χ0v) is 13.7. The van der Waals surface area contributed by atoms with E-state index in [2.05, 4.69) is 22.9 Å². The number of benzene rings is 1. The predicted octanol–water partition coefficient (Wildman–Crippen LogP) is 2.19. The van der Waals surface area contributed by atoms with Crippen molar-refractivity contribution in [2.24, 2.45) is 5.92 Å². The quantitative estimate of drug-likeness (QED) is 0.642. The molecule has 2 rings (SSSR count). The molecular weight excluding hydrogens is 302 g/mol. The fraction of sp³-hybridized carbons (Fsp3) is 0.500. The van der Waals surface area contributed by atoms with Crippen molar-refractivity contribution in [3.05, 3.63) is 29.8 Å². The summed E-state index contributed by atoms with van der Waals surface area (Å²) in [6.45, 7) is 4.45. The summed E-state index contributed by atoms with van der Waals surface area (Å²) in [6.07, 6.45) is 3.05. The minimum atomic E-state index is -0.0895. The lowest BCUT2D eigenvalue weighted by Crippen LogP contribution is -2.32. The Morgan fingerprint density at radius 1 is 1.09 bits per heavy atom. The van der Waals surface area contributed by atoms with Crippen LogP contribution in [-0.4, -0.2) is 31.4 Å². The third-order valence-electron chi connectivity index (χ3n) is 3.38. The first-order chi connectivity index (χ1) is 10.2. The molecule has 0 aromatic heterocycles. The van der Waals surface area contributed by atoms with E-state index in [1.807, 2.05) is 0 Å². The van der Waals surface area contributed by atoms with Gasteiger partial charge in [0.05, 0.1) is 0 Å². The van der Waals surface area contributed by atoms with Crippen molar-refractivity contribution in [3.63, 3.8) is 0 Å². The average Bonchev–Trinajstić information content (AvgIpc) is 3.32. The molecule has 0 aliphatic heterocycles. The fourth-order valence-corrected chi connectivity index (χ4v) is 1.96. The Bertz CT molecular complexity index is 487. The molecule has 1 aliphatic rings. The summed E-state index contributed by atoms with van der Waals surface area (Å²) < 4.78 is 0. The molecule has 6 heteroatoms. The maximum atomic E-state index is 11.9. The van der Waals surface area contributed by atoms with Gasteiger partial charge in [0, 0.05) is 30.3 Å². The van der Waals surface area contributed by atoms with Crippen LogP contribution in [0.25, 0.3) is 0 Å². The van der Waals surface area contributed by atoms with Gasteiger partial charge in [-0.05, 0) is 50.1 Å². The second kappa shape index (κ2) is 9.43. The van der Waals surface area contributed by atoms with Gasteiger partial charge in [-0.15, -0.1) is 12.4 Å². The van der Waals surface area contributed by atoms with E-state index in [-0.39, 0.29) is 30.1 Å². The summed E-state index contributed by atoms with van der Waals surface area (Å²) in [5, 5.41) is 8.94. The largest absolute Gasteiger partial charge is 0.351 e. The topological polar surface area (TPSA) is 70.2 Å². The Morgan fingerprint density at radius 2 is 1.77 bits per heavy atom. The third-order valence-corrected chi connectivity index (χ3v) is 3.38. The minimum absolute atomic E-state index is 0. The summed E-state index contributed by atoms with van der Waals surface area (Å²) >= 11 is 0. The molecule has 1 aliphatic carbocycles. The first kappa shape index (κ1) is 18.5. The maximum Gasteiger partial charge on any atom is 0.251 e. The Morgan fingerprint density at radius 3 is 2.36 bits per heavy atom. The average molecular weight is 326 g/mol. The van der Waals surface area contributed by atoms with Crippen LogP contribution < -0.4 is 16.0 Å². The zero-order chi connectivity index (χ0) is 15.1. The highest BCUT2D eigenvalue weighted by Gasteiger charge is 2.29. The number of anilines is 1. The van der Waals surface area contributed by atoms with Crippen molar-refractivity contribution >= 4 is 29.9 Å². The van der Waals surface area contributed by atoms with Gasteiger partial charge in [0.2, 0.25) is 5.91 Å². The number of carbonyl (C=O) groups excluding carboxylic acids is 2. The molecule has 1 saturated carbocycles. The Balaban J connectivity index is 0.00000242. The molecule has 2 amide bonds. The van der Waals surface area contributed by atoms with Gasteiger partial charge in [-0.3, -0.25) is 9.59 Å². The second-order valence-electron chi connectivity index (χ2n) is 5.35. The Kier molecular flexibility index (Phi) is 7.91. The van der Waals surface area contributed by atoms with Crippen molar-refractivity contribution in [3.8, 4) is 0 Å². The van der Waals surface area contributed by atoms with Gasteiger partial charge in [-0.2, -0.15) is 0 Å². The molecule has 5 nitrogen and oxygen atoms in total. The van der Waals surface area contributed by atoms with E-state index in [1.165, 1.54) is 0 Å². The second-order valence-corrected chi connectivity index (χ2v) is 5.35. The van der Waals surface area contributed by atoms with Crippen LogP contribution in [0.1, 0.15) is 36.5 Å². The smallest absolute Gasteiger partial charge is 0.251 e. The van der Waals surface area contributed by atoms with Crippen LogP contribution in [0.2, 0.25) is 0 Å². The van der Waals surface area contributed by atoms with E-state index in [0.717, 1.165) is 38.0 Å². The maximum absolute atomic E-state index is 11.9. The molecule has 0 bridgehead atoms. The molecule has 0 heterocycles. The van der Waals surface area contributed by atoms with E-state index in [4.69, 9.17) is 0 Å². The number of carbonyl (C=O) groups is 2. The highest BCUT2D eigenvalue weighted by atomic mass is 35.5. The van der Waals surface area contributed by atoms with Crippen LogP contribution in [0.5, 0.6) is 0 Å². The molecule has 22 heavy (non-hydrogen) atoms. The van der Waals surface area contributed by atoms with E-state index in [0.29, 0.717) is 12.1 Å². The SMILES string of the molecule is CCCNCCNC(=O)c1ccc(NC(=O)C2CC2)cc1.Cl. The first-order valence-corrected chi connectivity index (χ1v) is 7.60. The normalized spacial score (nSPS) is 13.1. The van der Waals surface area contributed by atoms with E-state index in [1.54, 1.807) is 24.3 Å². The van der Waals surface area contributed by atoms with E-state index >= 15 is 0 Å².